The predicted octanol–water partition coefficient (Wildman–Crippen LogP) is 11.4. The van der Waals surface area contributed by atoms with Crippen LogP contribution in [0.5, 0.6) is 23.0 Å². The van der Waals surface area contributed by atoms with Crippen LogP contribution in [0.4, 0.5) is 5.69 Å². The molecule has 0 aliphatic carbocycles. The van der Waals surface area contributed by atoms with E-state index in [4.69, 9.17) is 23.9 Å². The van der Waals surface area contributed by atoms with Gasteiger partial charge in [-0.05, 0) is 119 Å². The number of hydrogen-bond acceptors (Lipinski definition) is 6. The molecule has 3 N–H and O–H groups in total. The second kappa shape index (κ2) is 14.6. The second-order valence-corrected chi connectivity index (χ2v) is 13.7. The number of anilines is 1. The number of benzene rings is 4. The van der Waals surface area contributed by atoms with Crippen LogP contribution in [0, 0.1) is 0 Å². The van der Waals surface area contributed by atoms with Crippen LogP contribution in [0.2, 0.25) is 0 Å². The zero-order chi connectivity index (χ0) is 38.2. The first kappa shape index (κ1) is 34.6. The quantitative estimate of drug-likeness (QED) is 0.144. The van der Waals surface area contributed by atoms with Crippen LogP contribution in [0.1, 0.15) is 17.0 Å². The fraction of sp³-hybridized carbons (Fsp3) is 0.104. The molecule has 8 heteroatoms. The number of hydrogen-bond donors (Lipinski definition) is 3. The minimum atomic E-state index is 0.609. The molecule has 7 aromatic rings. The molecule has 0 saturated heterocycles. The lowest BCUT2D eigenvalue weighted by molar-refractivity contribution is 0.415. The predicted molar refractivity (Wildman–Crippen MR) is 227 cm³/mol. The number of aromatic nitrogens is 3. The van der Waals surface area contributed by atoms with Gasteiger partial charge in [-0.15, -0.1) is 0 Å². The van der Waals surface area contributed by atoms with Crippen LogP contribution in [-0.2, 0) is 6.54 Å². The van der Waals surface area contributed by atoms with Crippen LogP contribution >= 0.6 is 0 Å². The maximum Gasteiger partial charge on any atom is 0.119 e. The fourth-order valence-electron chi connectivity index (χ4n) is 7.77. The Kier molecular flexibility index (Phi) is 8.99. The molecule has 2 aliphatic rings. The van der Waals surface area contributed by atoms with Crippen molar-refractivity contribution in [3.05, 3.63) is 144 Å². The van der Waals surface area contributed by atoms with Crippen molar-refractivity contribution in [1.82, 2.24) is 15.0 Å². The highest BCUT2D eigenvalue weighted by atomic mass is 16.5. The average molecular weight is 737 g/mol. The summed E-state index contributed by atoms with van der Waals surface area (Å²) in [6.45, 7) is 0.609. The number of nitrogens with zero attached hydrogens (tertiary/aromatic N) is 1. The summed E-state index contributed by atoms with van der Waals surface area (Å²) in [5.74, 6) is 3.09. The van der Waals surface area contributed by atoms with Gasteiger partial charge < -0.3 is 34.2 Å². The molecule has 0 atom stereocenters. The number of H-pyrrole nitrogens is 2. The molecule has 56 heavy (non-hydrogen) atoms. The van der Waals surface area contributed by atoms with Crippen LogP contribution in [0.25, 0.3) is 78.7 Å². The van der Waals surface area contributed by atoms with E-state index in [-0.39, 0.29) is 0 Å². The Morgan fingerprint density at radius 1 is 0.429 bits per heavy atom. The molecule has 0 saturated carbocycles. The summed E-state index contributed by atoms with van der Waals surface area (Å²) >= 11 is 0. The lowest BCUT2D eigenvalue weighted by Crippen LogP contribution is -1.95. The molecule has 0 amide bonds. The Bertz CT molecular complexity index is 2640. The van der Waals surface area contributed by atoms with E-state index in [1.807, 2.05) is 48.5 Å². The first-order valence-corrected chi connectivity index (χ1v) is 18.4. The van der Waals surface area contributed by atoms with Gasteiger partial charge in [0.1, 0.15) is 23.0 Å². The topological polar surface area (TPSA) is 93.4 Å². The van der Waals surface area contributed by atoms with E-state index in [0.29, 0.717) is 6.54 Å². The Morgan fingerprint density at radius 2 is 0.804 bits per heavy atom. The number of aromatic amines is 2. The Labute approximate surface area is 325 Å². The van der Waals surface area contributed by atoms with Gasteiger partial charge in [0.15, 0.2) is 0 Å². The summed E-state index contributed by atoms with van der Waals surface area (Å²) in [5.41, 5.74) is 15.5. The number of ether oxygens (including phenoxy) is 4. The van der Waals surface area contributed by atoms with E-state index >= 15 is 0 Å². The SMILES string of the molecule is COc1cccc(-c2c3cc(c(-c4cccc(OC)c4)c4ccc([nH]4)c(-c4cccc(OC)c4)c4nc(c(-c5cccc(OC)c5)c5ccc2[nH]5)C=C4)NC3)c1. The Balaban J connectivity index is 1.47. The maximum atomic E-state index is 5.72. The van der Waals surface area contributed by atoms with Crippen molar-refractivity contribution in [1.29, 1.82) is 0 Å². The molecule has 9 rings (SSSR count). The molecule has 0 spiro atoms. The van der Waals surface area contributed by atoms with Crippen molar-refractivity contribution < 1.29 is 18.9 Å². The van der Waals surface area contributed by atoms with Gasteiger partial charge in [-0.2, -0.15) is 0 Å². The molecule has 0 radical (unpaired) electrons. The Hall–Kier alpha value is -7.19. The van der Waals surface area contributed by atoms with Crippen LogP contribution in [0.15, 0.2) is 127 Å². The fourth-order valence-corrected chi connectivity index (χ4v) is 7.77. The van der Waals surface area contributed by atoms with E-state index in [0.717, 1.165) is 112 Å². The van der Waals surface area contributed by atoms with E-state index in [2.05, 4.69) is 106 Å². The zero-order valence-electron chi connectivity index (χ0n) is 31.6. The third-order valence-electron chi connectivity index (χ3n) is 10.4. The summed E-state index contributed by atoms with van der Waals surface area (Å²) in [7, 11) is 6.78. The van der Waals surface area contributed by atoms with Gasteiger partial charge in [-0.1, -0.05) is 48.5 Å². The minimum Gasteiger partial charge on any atom is -0.497 e. The monoisotopic (exact) mass is 736 g/mol. The number of methoxy groups -OCH3 is 4. The van der Waals surface area contributed by atoms with E-state index in [9.17, 15) is 0 Å². The molecule has 2 aliphatic heterocycles. The molecular weight excluding hydrogens is 697 g/mol. The standard InChI is InChI=1S/C48H40N4O4/c1-53-34-13-5-9-29(23-34)45-33-27-44(49-28-33)48(32-12-8-16-37(26-32)56-4)43-22-21-42(52-43)47(31-11-7-15-36(25-31)55-3)41-20-19-40(51-41)46(39-18-17-38(45)50-39)30-10-6-14-35(24-30)54-2/h5-27,49-50,52H,28H2,1-4H3. The molecular formula is C48H40N4O4. The van der Waals surface area contributed by atoms with Gasteiger partial charge in [-0.25, -0.2) is 4.98 Å². The first-order valence-electron chi connectivity index (χ1n) is 18.4. The first-order chi connectivity index (χ1) is 27.5. The molecule has 8 nitrogen and oxygen atoms in total. The number of nitrogens with one attached hydrogen (secondary N) is 3. The maximum absolute atomic E-state index is 5.72. The lowest BCUT2D eigenvalue weighted by Gasteiger charge is -2.09. The van der Waals surface area contributed by atoms with Crippen molar-refractivity contribution in [2.45, 2.75) is 6.54 Å². The highest BCUT2D eigenvalue weighted by molar-refractivity contribution is 5.99. The lowest BCUT2D eigenvalue weighted by atomic mass is 10.00. The molecule has 8 bridgehead atoms. The molecule has 0 fully saturated rings. The van der Waals surface area contributed by atoms with E-state index in [1.165, 1.54) is 0 Å². The molecule has 276 valence electrons. The highest BCUT2D eigenvalue weighted by Crippen LogP contribution is 2.42. The Morgan fingerprint density at radius 3 is 1.23 bits per heavy atom. The average Bonchev–Trinajstić information content (AvgIpc) is 4.09. The van der Waals surface area contributed by atoms with Crippen molar-refractivity contribution in [3.63, 3.8) is 0 Å². The van der Waals surface area contributed by atoms with Crippen LogP contribution < -0.4 is 24.3 Å². The van der Waals surface area contributed by atoms with Gasteiger partial charge in [0.2, 0.25) is 0 Å². The third-order valence-corrected chi connectivity index (χ3v) is 10.4. The van der Waals surface area contributed by atoms with Gasteiger partial charge in [-0.3, -0.25) is 0 Å². The second-order valence-electron chi connectivity index (χ2n) is 13.7. The number of fused-ring (bicyclic) bond motifs is 8. The van der Waals surface area contributed by atoms with Gasteiger partial charge in [0.05, 0.1) is 39.8 Å². The molecule has 0 unspecified atom stereocenters. The van der Waals surface area contributed by atoms with Gasteiger partial charge in [0, 0.05) is 56.6 Å². The third kappa shape index (κ3) is 6.31. The van der Waals surface area contributed by atoms with E-state index in [1.54, 1.807) is 28.4 Å². The van der Waals surface area contributed by atoms with Crippen molar-refractivity contribution in [2.75, 3.05) is 33.8 Å². The van der Waals surface area contributed by atoms with Crippen molar-refractivity contribution in [3.8, 4) is 67.5 Å². The largest absolute Gasteiger partial charge is 0.497 e. The van der Waals surface area contributed by atoms with Gasteiger partial charge in [0.25, 0.3) is 0 Å². The zero-order valence-corrected chi connectivity index (χ0v) is 31.6. The van der Waals surface area contributed by atoms with Crippen LogP contribution in [-0.4, -0.2) is 43.4 Å². The summed E-state index contributed by atoms with van der Waals surface area (Å²) in [6.07, 6.45) is 4.19. The van der Waals surface area contributed by atoms with Crippen molar-refractivity contribution in [2.24, 2.45) is 0 Å². The van der Waals surface area contributed by atoms with Crippen LogP contribution in [0.3, 0.4) is 0 Å². The normalized spacial score (nSPS) is 11.9. The van der Waals surface area contributed by atoms with Gasteiger partial charge >= 0.3 is 0 Å². The molecule has 3 aromatic heterocycles. The summed E-state index contributed by atoms with van der Waals surface area (Å²) in [6, 6.07) is 43.5. The van der Waals surface area contributed by atoms with E-state index < -0.39 is 0 Å². The molecule has 4 aromatic carbocycles. The summed E-state index contributed by atoms with van der Waals surface area (Å²) in [4.78, 5) is 13.1. The summed E-state index contributed by atoms with van der Waals surface area (Å²) < 4.78 is 22.8. The minimum absolute atomic E-state index is 0.609. The smallest absolute Gasteiger partial charge is 0.119 e. The van der Waals surface area contributed by atoms with Crippen molar-refractivity contribution >= 4 is 39.9 Å². The highest BCUT2D eigenvalue weighted by Gasteiger charge is 2.20. The number of rotatable bonds is 8. The molecule has 5 heterocycles. The summed E-state index contributed by atoms with van der Waals surface area (Å²) in [5, 5.41) is 3.78.